The van der Waals surface area contributed by atoms with Crippen LogP contribution in [-0.2, 0) is 10.5 Å². The number of likely N-dealkylation sites (tertiary alicyclic amines) is 2. The highest BCUT2D eigenvalue weighted by Gasteiger charge is 2.31. The van der Waals surface area contributed by atoms with Gasteiger partial charge in [0.25, 0.3) is 5.91 Å². The maximum atomic E-state index is 12.9. The molecule has 166 valence electrons. The summed E-state index contributed by atoms with van der Waals surface area (Å²) in [6, 6.07) is 16.1. The van der Waals surface area contributed by atoms with Crippen LogP contribution in [0, 0.1) is 5.92 Å². The smallest absolute Gasteiger partial charge is 0.253 e. The molecule has 7 heteroatoms. The van der Waals surface area contributed by atoms with Gasteiger partial charge in [0.2, 0.25) is 5.91 Å². The van der Waals surface area contributed by atoms with Crippen LogP contribution in [-0.4, -0.2) is 52.8 Å². The summed E-state index contributed by atoms with van der Waals surface area (Å²) < 4.78 is 2.28. The second kappa shape index (κ2) is 9.63. The van der Waals surface area contributed by atoms with Crippen LogP contribution in [0.2, 0.25) is 0 Å². The Morgan fingerprint density at radius 2 is 1.66 bits per heavy atom. The molecule has 3 heterocycles. The zero-order valence-corrected chi connectivity index (χ0v) is 19.7. The SMILES string of the molecule is O=C(c1ccc(CSc2nc3ccccc3s2)cc1)N1CCC(C(=O)N2CCCC2)CC1. The van der Waals surface area contributed by atoms with Gasteiger partial charge in [-0.25, -0.2) is 4.98 Å². The molecule has 3 aromatic rings. The Morgan fingerprint density at radius 3 is 2.38 bits per heavy atom. The molecule has 0 unspecified atom stereocenters. The molecule has 0 N–H and O–H groups in total. The van der Waals surface area contributed by atoms with Gasteiger partial charge in [-0.2, -0.15) is 0 Å². The van der Waals surface area contributed by atoms with E-state index >= 15 is 0 Å². The fraction of sp³-hybridized carbons (Fsp3) is 0.400. The number of amides is 2. The van der Waals surface area contributed by atoms with Crippen LogP contribution in [0.1, 0.15) is 41.6 Å². The Bertz CT molecular complexity index is 1060. The van der Waals surface area contributed by atoms with E-state index in [4.69, 9.17) is 0 Å². The van der Waals surface area contributed by atoms with Gasteiger partial charge in [0.05, 0.1) is 10.2 Å². The molecule has 1 aromatic heterocycles. The van der Waals surface area contributed by atoms with Crippen molar-refractivity contribution in [3.8, 4) is 0 Å². The lowest BCUT2D eigenvalue weighted by Gasteiger charge is -2.33. The molecule has 2 aliphatic rings. The van der Waals surface area contributed by atoms with Crippen LogP contribution in [0.25, 0.3) is 10.2 Å². The van der Waals surface area contributed by atoms with Crippen LogP contribution in [0.15, 0.2) is 52.9 Å². The predicted molar refractivity (Wildman–Crippen MR) is 130 cm³/mol. The van der Waals surface area contributed by atoms with Crippen LogP contribution in [0.3, 0.4) is 0 Å². The number of para-hydroxylation sites is 1. The number of carbonyl (C=O) groups excluding carboxylic acids is 2. The van der Waals surface area contributed by atoms with Crippen LogP contribution >= 0.6 is 23.1 Å². The van der Waals surface area contributed by atoms with E-state index in [1.165, 1.54) is 10.3 Å². The molecule has 0 atom stereocenters. The normalized spacial score (nSPS) is 17.2. The predicted octanol–water partition coefficient (Wildman–Crippen LogP) is 5.06. The first-order valence-electron chi connectivity index (χ1n) is 11.3. The van der Waals surface area contributed by atoms with Crippen LogP contribution < -0.4 is 0 Å². The van der Waals surface area contributed by atoms with E-state index in [1.807, 2.05) is 52.3 Å². The number of aromatic nitrogens is 1. The molecule has 2 aliphatic heterocycles. The molecular weight excluding hydrogens is 438 g/mol. The standard InChI is InChI=1S/C25H27N3O2S2/c29-23(28-15-11-20(12-16-28)24(30)27-13-3-4-14-27)19-9-7-18(8-10-19)17-31-25-26-21-5-1-2-6-22(21)32-25/h1-2,5-10,20H,3-4,11-17H2. The Balaban J connectivity index is 1.13. The highest BCUT2D eigenvalue weighted by Crippen LogP contribution is 2.31. The van der Waals surface area contributed by atoms with Gasteiger partial charge in [-0.15, -0.1) is 11.3 Å². The van der Waals surface area contributed by atoms with Gasteiger partial charge in [-0.05, 0) is 55.5 Å². The number of hydrogen-bond donors (Lipinski definition) is 0. The average Bonchev–Trinajstić information content (AvgIpc) is 3.52. The van der Waals surface area contributed by atoms with Gasteiger partial charge >= 0.3 is 0 Å². The van der Waals surface area contributed by atoms with Crippen LogP contribution in [0.5, 0.6) is 0 Å². The third-order valence-corrected chi connectivity index (χ3v) is 8.64. The molecule has 5 nitrogen and oxygen atoms in total. The van der Waals surface area contributed by atoms with Crippen molar-refractivity contribution in [1.82, 2.24) is 14.8 Å². The molecule has 5 rings (SSSR count). The summed E-state index contributed by atoms with van der Waals surface area (Å²) in [6.07, 6.45) is 3.80. The fourth-order valence-corrected chi connectivity index (χ4v) is 6.53. The zero-order valence-electron chi connectivity index (χ0n) is 18.0. The zero-order chi connectivity index (χ0) is 21.9. The summed E-state index contributed by atoms with van der Waals surface area (Å²) in [5, 5.41) is 0. The summed E-state index contributed by atoms with van der Waals surface area (Å²) in [5.41, 5.74) is 2.95. The summed E-state index contributed by atoms with van der Waals surface area (Å²) >= 11 is 3.45. The number of thiazole rings is 1. The minimum Gasteiger partial charge on any atom is -0.342 e. The van der Waals surface area contributed by atoms with Gasteiger partial charge in [0, 0.05) is 43.4 Å². The monoisotopic (exact) mass is 465 g/mol. The third-order valence-electron chi connectivity index (χ3n) is 6.39. The Kier molecular flexibility index (Phi) is 6.46. The molecule has 2 aromatic carbocycles. The van der Waals surface area contributed by atoms with Crippen molar-refractivity contribution in [3.05, 3.63) is 59.7 Å². The van der Waals surface area contributed by atoms with Crippen LogP contribution in [0.4, 0.5) is 0 Å². The highest BCUT2D eigenvalue weighted by molar-refractivity contribution is 8.00. The van der Waals surface area contributed by atoms with E-state index in [-0.39, 0.29) is 11.8 Å². The second-order valence-corrected chi connectivity index (χ2v) is 10.8. The minimum atomic E-state index is 0.0717. The lowest BCUT2D eigenvalue weighted by atomic mass is 9.95. The van der Waals surface area contributed by atoms with Crippen molar-refractivity contribution in [2.75, 3.05) is 26.2 Å². The molecule has 2 saturated heterocycles. The summed E-state index contributed by atoms with van der Waals surface area (Å²) in [7, 11) is 0. The van der Waals surface area contributed by atoms with E-state index in [9.17, 15) is 9.59 Å². The molecule has 32 heavy (non-hydrogen) atoms. The molecule has 0 saturated carbocycles. The van der Waals surface area contributed by atoms with E-state index in [1.54, 1.807) is 23.1 Å². The largest absolute Gasteiger partial charge is 0.342 e. The van der Waals surface area contributed by atoms with Gasteiger partial charge < -0.3 is 9.80 Å². The van der Waals surface area contributed by atoms with Gasteiger partial charge in [-0.3, -0.25) is 9.59 Å². The number of rotatable bonds is 5. The first-order chi connectivity index (χ1) is 15.7. The Labute approximate surface area is 196 Å². The molecule has 0 bridgehead atoms. The van der Waals surface area contributed by atoms with Crippen molar-refractivity contribution in [3.63, 3.8) is 0 Å². The van der Waals surface area contributed by atoms with Crippen molar-refractivity contribution >= 4 is 45.1 Å². The molecule has 0 radical (unpaired) electrons. The number of piperidine rings is 1. The first kappa shape index (κ1) is 21.5. The molecule has 2 fully saturated rings. The number of nitrogens with zero attached hydrogens (tertiary/aromatic N) is 3. The topological polar surface area (TPSA) is 53.5 Å². The maximum Gasteiger partial charge on any atom is 0.253 e. The lowest BCUT2D eigenvalue weighted by Crippen LogP contribution is -2.43. The van der Waals surface area contributed by atoms with E-state index in [2.05, 4.69) is 11.1 Å². The number of fused-ring (bicyclic) bond motifs is 1. The fourth-order valence-electron chi connectivity index (χ4n) is 4.51. The first-order valence-corrected chi connectivity index (χ1v) is 13.1. The molecular formula is C25H27N3O2S2. The van der Waals surface area contributed by atoms with E-state index in [0.717, 1.165) is 59.9 Å². The third kappa shape index (κ3) is 4.69. The van der Waals surface area contributed by atoms with E-state index < -0.39 is 0 Å². The lowest BCUT2D eigenvalue weighted by molar-refractivity contribution is -0.135. The van der Waals surface area contributed by atoms with Gasteiger partial charge in [0.15, 0.2) is 4.34 Å². The summed E-state index contributed by atoms with van der Waals surface area (Å²) in [6.45, 7) is 3.14. The molecule has 0 aliphatic carbocycles. The summed E-state index contributed by atoms with van der Waals surface area (Å²) in [4.78, 5) is 34.1. The Morgan fingerprint density at radius 1 is 0.938 bits per heavy atom. The van der Waals surface area contributed by atoms with Crippen molar-refractivity contribution in [2.24, 2.45) is 5.92 Å². The number of carbonyl (C=O) groups is 2. The number of benzene rings is 2. The van der Waals surface area contributed by atoms with Gasteiger partial charge in [0.1, 0.15) is 0 Å². The van der Waals surface area contributed by atoms with Crippen molar-refractivity contribution < 1.29 is 9.59 Å². The number of hydrogen-bond acceptors (Lipinski definition) is 5. The quantitative estimate of drug-likeness (QED) is 0.494. The minimum absolute atomic E-state index is 0.0717. The Hall–Kier alpha value is -2.38. The molecule has 0 spiro atoms. The second-order valence-electron chi connectivity index (χ2n) is 8.53. The number of thioether (sulfide) groups is 1. The van der Waals surface area contributed by atoms with Gasteiger partial charge in [-0.1, -0.05) is 36.0 Å². The van der Waals surface area contributed by atoms with Crippen molar-refractivity contribution in [1.29, 1.82) is 0 Å². The highest BCUT2D eigenvalue weighted by atomic mass is 32.2. The average molecular weight is 466 g/mol. The maximum absolute atomic E-state index is 12.9. The molecule has 2 amide bonds. The van der Waals surface area contributed by atoms with Crippen molar-refractivity contribution in [2.45, 2.75) is 35.8 Å². The summed E-state index contributed by atoms with van der Waals surface area (Å²) in [5.74, 6) is 1.28. The van der Waals surface area contributed by atoms with E-state index in [0.29, 0.717) is 19.0 Å².